The van der Waals surface area contributed by atoms with E-state index in [0.29, 0.717) is 11.5 Å². The molecule has 98 valence electrons. The van der Waals surface area contributed by atoms with Gasteiger partial charge in [-0.15, -0.1) is 0 Å². The second-order valence-electron chi connectivity index (χ2n) is 5.46. The maximum absolute atomic E-state index is 12.5. The highest BCUT2D eigenvalue weighted by Crippen LogP contribution is 2.27. The molecular formula is C15H21NO2. The van der Waals surface area contributed by atoms with Crippen LogP contribution in [-0.4, -0.2) is 28.5 Å². The minimum atomic E-state index is -0.0461. The second kappa shape index (κ2) is 5.01. The van der Waals surface area contributed by atoms with Crippen molar-refractivity contribution in [1.82, 2.24) is 4.90 Å². The van der Waals surface area contributed by atoms with E-state index in [1.165, 1.54) is 6.42 Å². The molecular weight excluding hydrogens is 226 g/mol. The molecule has 1 saturated heterocycles. The van der Waals surface area contributed by atoms with E-state index in [2.05, 4.69) is 13.8 Å². The van der Waals surface area contributed by atoms with E-state index in [0.717, 1.165) is 18.5 Å². The Bertz CT molecular complexity index is 456. The van der Waals surface area contributed by atoms with Crippen LogP contribution < -0.4 is 0 Å². The summed E-state index contributed by atoms with van der Waals surface area (Å²) in [7, 11) is 0. The predicted molar refractivity (Wildman–Crippen MR) is 71.7 cm³/mol. The lowest BCUT2D eigenvalue weighted by Crippen LogP contribution is -2.44. The average Bonchev–Trinajstić information content (AvgIpc) is 2.35. The highest BCUT2D eigenvalue weighted by atomic mass is 16.3. The Morgan fingerprint density at radius 2 is 2.06 bits per heavy atom. The highest BCUT2D eigenvalue weighted by molar-refractivity contribution is 5.97. The summed E-state index contributed by atoms with van der Waals surface area (Å²) in [5, 5.41) is 10.0. The number of hydrogen-bond donors (Lipinski definition) is 1. The minimum Gasteiger partial charge on any atom is -0.507 e. The summed E-state index contributed by atoms with van der Waals surface area (Å²) in [6, 6.07) is 5.60. The first-order chi connectivity index (χ1) is 8.50. The molecule has 3 heteroatoms. The molecule has 2 atom stereocenters. The zero-order valence-electron chi connectivity index (χ0n) is 11.3. The van der Waals surface area contributed by atoms with Crippen molar-refractivity contribution in [3.05, 3.63) is 29.3 Å². The summed E-state index contributed by atoms with van der Waals surface area (Å²) in [4.78, 5) is 14.4. The lowest BCUT2D eigenvalue weighted by atomic mass is 9.94. The molecule has 0 aliphatic carbocycles. The number of aromatic hydroxyl groups is 1. The number of carbonyl (C=O) groups excluding carboxylic acids is 1. The Morgan fingerprint density at radius 1 is 1.33 bits per heavy atom. The zero-order chi connectivity index (χ0) is 13.3. The van der Waals surface area contributed by atoms with Gasteiger partial charge in [-0.05, 0) is 44.2 Å². The van der Waals surface area contributed by atoms with Gasteiger partial charge in [-0.1, -0.05) is 19.1 Å². The molecule has 1 aromatic carbocycles. The fraction of sp³-hybridized carbons (Fsp3) is 0.533. The van der Waals surface area contributed by atoms with Crippen LogP contribution in [0.25, 0.3) is 0 Å². The smallest absolute Gasteiger partial charge is 0.257 e. The molecule has 18 heavy (non-hydrogen) atoms. The normalized spacial score (nSPS) is 24.1. The van der Waals surface area contributed by atoms with Crippen LogP contribution in [-0.2, 0) is 0 Å². The summed E-state index contributed by atoms with van der Waals surface area (Å²) in [6.07, 6.45) is 2.21. The summed E-state index contributed by atoms with van der Waals surface area (Å²) in [5.41, 5.74) is 1.18. The van der Waals surface area contributed by atoms with Crippen LogP contribution in [0.5, 0.6) is 5.75 Å². The molecule has 1 aromatic rings. The van der Waals surface area contributed by atoms with Gasteiger partial charge in [-0.25, -0.2) is 0 Å². The summed E-state index contributed by atoms with van der Waals surface area (Å²) < 4.78 is 0. The third kappa shape index (κ3) is 2.35. The van der Waals surface area contributed by atoms with Crippen molar-refractivity contribution in [2.75, 3.05) is 6.54 Å². The van der Waals surface area contributed by atoms with Crippen molar-refractivity contribution in [2.24, 2.45) is 5.92 Å². The van der Waals surface area contributed by atoms with Crippen molar-refractivity contribution < 1.29 is 9.90 Å². The molecule has 1 heterocycles. The Labute approximate surface area is 108 Å². The van der Waals surface area contributed by atoms with Crippen LogP contribution >= 0.6 is 0 Å². The van der Waals surface area contributed by atoms with E-state index in [-0.39, 0.29) is 17.7 Å². The van der Waals surface area contributed by atoms with Gasteiger partial charge < -0.3 is 10.0 Å². The van der Waals surface area contributed by atoms with Gasteiger partial charge in [0.15, 0.2) is 0 Å². The van der Waals surface area contributed by atoms with Crippen LogP contribution in [0, 0.1) is 12.8 Å². The fourth-order valence-electron chi connectivity index (χ4n) is 2.56. The van der Waals surface area contributed by atoms with Gasteiger partial charge in [0, 0.05) is 12.6 Å². The monoisotopic (exact) mass is 247 g/mol. The number of benzene rings is 1. The van der Waals surface area contributed by atoms with Crippen molar-refractivity contribution in [3.8, 4) is 5.75 Å². The number of likely N-dealkylation sites (tertiary alicyclic amines) is 1. The molecule has 2 unspecified atom stereocenters. The quantitative estimate of drug-likeness (QED) is 0.828. The van der Waals surface area contributed by atoms with Gasteiger partial charge in [0.1, 0.15) is 5.75 Å². The van der Waals surface area contributed by atoms with Crippen molar-refractivity contribution >= 4 is 5.91 Å². The summed E-state index contributed by atoms with van der Waals surface area (Å²) >= 11 is 0. The van der Waals surface area contributed by atoms with Crippen molar-refractivity contribution in [1.29, 1.82) is 0 Å². The van der Waals surface area contributed by atoms with Gasteiger partial charge in [0.2, 0.25) is 0 Å². The van der Waals surface area contributed by atoms with Crippen LogP contribution in [0.2, 0.25) is 0 Å². The van der Waals surface area contributed by atoms with E-state index in [4.69, 9.17) is 0 Å². The number of para-hydroxylation sites is 1. The van der Waals surface area contributed by atoms with Crippen molar-refractivity contribution in [2.45, 2.75) is 39.7 Å². The molecule has 0 spiro atoms. The van der Waals surface area contributed by atoms with Gasteiger partial charge in [0.05, 0.1) is 5.56 Å². The number of aryl methyl sites for hydroxylation is 1. The molecule has 0 bridgehead atoms. The Hall–Kier alpha value is -1.51. The first kappa shape index (κ1) is 12.9. The number of nitrogens with zero attached hydrogens (tertiary/aromatic N) is 1. The van der Waals surface area contributed by atoms with E-state index in [1.54, 1.807) is 6.07 Å². The third-order valence-electron chi connectivity index (χ3n) is 3.85. The number of amides is 1. The Balaban J connectivity index is 2.27. The Morgan fingerprint density at radius 3 is 2.78 bits per heavy atom. The first-order valence-corrected chi connectivity index (χ1v) is 6.60. The summed E-state index contributed by atoms with van der Waals surface area (Å²) in [5.74, 6) is 0.611. The van der Waals surface area contributed by atoms with Gasteiger partial charge in [-0.3, -0.25) is 4.79 Å². The topological polar surface area (TPSA) is 40.5 Å². The number of rotatable bonds is 1. The van der Waals surface area contributed by atoms with E-state index in [9.17, 15) is 9.90 Å². The molecule has 0 radical (unpaired) electrons. The summed E-state index contributed by atoms with van der Waals surface area (Å²) in [6.45, 7) is 6.85. The molecule has 1 N–H and O–H groups in total. The zero-order valence-corrected chi connectivity index (χ0v) is 11.3. The maximum atomic E-state index is 12.5. The Kier molecular flexibility index (Phi) is 3.60. The molecule has 1 fully saturated rings. The SMILES string of the molecule is Cc1cccc(C(=O)N2CC(C)CCC2C)c1O. The van der Waals surface area contributed by atoms with Gasteiger partial charge >= 0.3 is 0 Å². The van der Waals surface area contributed by atoms with Crippen LogP contribution in [0.1, 0.15) is 42.6 Å². The molecule has 3 nitrogen and oxygen atoms in total. The predicted octanol–water partition coefficient (Wildman–Crippen LogP) is 2.96. The van der Waals surface area contributed by atoms with Gasteiger partial charge in [0.25, 0.3) is 5.91 Å². The lowest BCUT2D eigenvalue weighted by molar-refractivity contribution is 0.0571. The standard InChI is InChI=1S/C15H21NO2/c1-10-7-8-12(3)16(9-10)15(18)13-6-4-5-11(2)14(13)17/h4-6,10,12,17H,7-9H2,1-3H3. The van der Waals surface area contributed by atoms with Crippen molar-refractivity contribution in [3.63, 3.8) is 0 Å². The van der Waals surface area contributed by atoms with Gasteiger partial charge in [-0.2, -0.15) is 0 Å². The largest absolute Gasteiger partial charge is 0.507 e. The van der Waals surface area contributed by atoms with E-state index < -0.39 is 0 Å². The average molecular weight is 247 g/mol. The van der Waals surface area contributed by atoms with Crippen LogP contribution in [0.3, 0.4) is 0 Å². The minimum absolute atomic E-state index is 0.0461. The first-order valence-electron chi connectivity index (χ1n) is 6.60. The number of hydrogen-bond acceptors (Lipinski definition) is 2. The number of piperidine rings is 1. The van der Waals surface area contributed by atoms with E-state index in [1.807, 2.05) is 24.0 Å². The van der Waals surface area contributed by atoms with Crippen LogP contribution in [0.4, 0.5) is 0 Å². The second-order valence-corrected chi connectivity index (χ2v) is 5.46. The molecule has 0 saturated carbocycles. The molecule has 1 aliphatic heterocycles. The molecule has 1 aliphatic rings. The maximum Gasteiger partial charge on any atom is 0.257 e. The number of carbonyl (C=O) groups is 1. The van der Waals surface area contributed by atoms with Crippen LogP contribution in [0.15, 0.2) is 18.2 Å². The molecule has 1 amide bonds. The number of phenolic OH excluding ortho intramolecular Hbond substituents is 1. The fourth-order valence-corrected chi connectivity index (χ4v) is 2.56. The lowest BCUT2D eigenvalue weighted by Gasteiger charge is -2.37. The van der Waals surface area contributed by atoms with E-state index >= 15 is 0 Å². The third-order valence-corrected chi connectivity index (χ3v) is 3.85. The molecule has 2 rings (SSSR count). The molecule has 0 aromatic heterocycles. The highest BCUT2D eigenvalue weighted by Gasteiger charge is 2.29. The number of phenols is 1.